The first-order valence-corrected chi connectivity index (χ1v) is 12.9. The van der Waals surface area contributed by atoms with Gasteiger partial charge in [-0.25, -0.2) is 0 Å². The van der Waals surface area contributed by atoms with Gasteiger partial charge in [0.15, 0.2) is 0 Å². The number of hydrogen-bond acceptors (Lipinski definition) is 4. The van der Waals surface area contributed by atoms with Gasteiger partial charge in [-0.05, 0) is 97.8 Å². The average Bonchev–Trinajstić information content (AvgIpc) is 3.69. The zero-order valence-electron chi connectivity index (χ0n) is 19.6. The number of nitrogens with one attached hydrogen (secondary N) is 2. The summed E-state index contributed by atoms with van der Waals surface area (Å²) in [5.41, 5.74) is 2.26. The second kappa shape index (κ2) is 9.88. The Bertz CT molecular complexity index is 1270. The lowest BCUT2D eigenvalue weighted by Gasteiger charge is -2.27. The van der Waals surface area contributed by atoms with E-state index in [-0.39, 0.29) is 30.2 Å². The lowest BCUT2D eigenvalue weighted by molar-refractivity contribution is -0.128. The first-order chi connectivity index (χ1) is 16.9. The zero-order chi connectivity index (χ0) is 24.5. The van der Waals surface area contributed by atoms with Crippen LogP contribution in [-0.4, -0.2) is 35.5 Å². The van der Waals surface area contributed by atoms with E-state index in [1.54, 1.807) is 17.0 Å². The number of anilines is 1. The molecule has 2 atom stereocenters. The zero-order valence-corrected chi connectivity index (χ0v) is 21.2. The summed E-state index contributed by atoms with van der Waals surface area (Å²) in [6.45, 7) is 2.82. The van der Waals surface area contributed by atoms with Gasteiger partial charge in [0.2, 0.25) is 11.8 Å². The lowest BCUT2D eigenvalue weighted by Crippen LogP contribution is -2.52. The number of benzene rings is 2. The molecule has 35 heavy (non-hydrogen) atoms. The summed E-state index contributed by atoms with van der Waals surface area (Å²) in [7, 11) is 0. The molecule has 1 aliphatic carbocycles. The summed E-state index contributed by atoms with van der Waals surface area (Å²) < 4.78 is 0.938. The van der Waals surface area contributed by atoms with Crippen LogP contribution in [0.3, 0.4) is 0 Å². The first-order valence-electron chi connectivity index (χ1n) is 12.1. The SMILES string of the molecule is C[C@H](NCC1CC1)C(=O)N[C@H]1CCc2ccc#cc2N(Cc2c(O)ccc3cc(Br)ccc23)C1=O. The minimum absolute atomic E-state index is 0.122. The molecule has 1 saturated carbocycles. The van der Waals surface area contributed by atoms with Crippen molar-refractivity contribution in [2.75, 3.05) is 11.4 Å². The maximum Gasteiger partial charge on any atom is 0.250 e. The first kappa shape index (κ1) is 23.7. The van der Waals surface area contributed by atoms with Crippen molar-refractivity contribution in [3.05, 3.63) is 70.2 Å². The van der Waals surface area contributed by atoms with Gasteiger partial charge in [-0.15, -0.1) is 0 Å². The van der Waals surface area contributed by atoms with E-state index in [4.69, 9.17) is 0 Å². The van der Waals surface area contributed by atoms with Gasteiger partial charge < -0.3 is 15.7 Å². The Kier molecular flexibility index (Phi) is 6.68. The molecule has 0 bridgehead atoms. The topological polar surface area (TPSA) is 81.7 Å². The number of phenols is 1. The Hall–Kier alpha value is -3.08. The van der Waals surface area contributed by atoms with Gasteiger partial charge in [0, 0.05) is 10.0 Å². The predicted molar refractivity (Wildman–Crippen MR) is 139 cm³/mol. The standard InChI is InChI=1S/C28H28BrN3O3/c1-17(30-15-18-6-7-18)27(34)31-24-12-8-19-4-2-3-5-25(19)32(28(24)35)16-23-22-11-10-21(29)14-20(22)9-13-26(23)33/h2,4,9-11,13-14,17-18,24,30,33H,6-8,12,15-16H2,1H3,(H,31,34)/t17-,24-/m0/s1. The van der Waals surface area contributed by atoms with Crippen LogP contribution in [0.4, 0.5) is 5.69 Å². The highest BCUT2D eigenvalue weighted by Crippen LogP contribution is 2.34. The van der Waals surface area contributed by atoms with Crippen LogP contribution >= 0.6 is 15.9 Å². The molecule has 2 aliphatic rings. The summed E-state index contributed by atoms with van der Waals surface area (Å²) in [4.78, 5) is 28.3. The summed E-state index contributed by atoms with van der Waals surface area (Å²) >= 11 is 3.50. The highest BCUT2D eigenvalue weighted by atomic mass is 79.9. The lowest BCUT2D eigenvalue weighted by atomic mass is 10.0. The van der Waals surface area contributed by atoms with Gasteiger partial charge in [0.25, 0.3) is 0 Å². The number of rotatable bonds is 7. The van der Waals surface area contributed by atoms with Gasteiger partial charge in [0.05, 0.1) is 18.3 Å². The van der Waals surface area contributed by atoms with Crippen LogP contribution in [-0.2, 0) is 22.6 Å². The van der Waals surface area contributed by atoms with E-state index in [1.807, 2.05) is 37.3 Å². The van der Waals surface area contributed by atoms with Crippen molar-refractivity contribution in [3.63, 3.8) is 0 Å². The molecule has 5 rings (SSSR count). The van der Waals surface area contributed by atoms with Gasteiger partial charge in [-0.3, -0.25) is 14.5 Å². The van der Waals surface area contributed by atoms with E-state index < -0.39 is 6.04 Å². The molecule has 0 saturated heterocycles. The van der Waals surface area contributed by atoms with E-state index in [9.17, 15) is 14.7 Å². The van der Waals surface area contributed by atoms with Crippen molar-refractivity contribution in [1.29, 1.82) is 0 Å². The van der Waals surface area contributed by atoms with Crippen molar-refractivity contribution < 1.29 is 14.7 Å². The van der Waals surface area contributed by atoms with Crippen LogP contribution in [0, 0.1) is 18.1 Å². The summed E-state index contributed by atoms with van der Waals surface area (Å²) in [5.74, 6) is 0.395. The van der Waals surface area contributed by atoms with Gasteiger partial charge in [0.1, 0.15) is 11.8 Å². The maximum atomic E-state index is 13.8. The molecular weight excluding hydrogens is 506 g/mol. The van der Waals surface area contributed by atoms with Crippen LogP contribution in [0.5, 0.6) is 5.75 Å². The molecule has 0 unspecified atom stereocenters. The maximum absolute atomic E-state index is 13.8. The molecule has 2 amide bonds. The number of hydrogen-bond donors (Lipinski definition) is 3. The molecule has 3 aromatic carbocycles. The molecule has 7 heteroatoms. The van der Waals surface area contributed by atoms with Crippen molar-refractivity contribution in [2.24, 2.45) is 5.92 Å². The molecular formula is C28H28BrN3O3. The molecule has 0 spiro atoms. The van der Waals surface area contributed by atoms with Gasteiger partial charge >= 0.3 is 0 Å². The third-order valence-corrected chi connectivity index (χ3v) is 7.40. The molecule has 3 aromatic rings. The summed E-state index contributed by atoms with van der Waals surface area (Å²) in [6.07, 6.45) is 3.55. The smallest absolute Gasteiger partial charge is 0.250 e. The molecule has 0 radical (unpaired) electrons. The number of amides is 2. The average molecular weight is 534 g/mol. The Morgan fingerprint density at radius 2 is 2.06 bits per heavy atom. The van der Waals surface area contributed by atoms with Gasteiger partial charge in [-0.2, -0.15) is 0 Å². The minimum Gasteiger partial charge on any atom is -0.508 e. The quantitative estimate of drug-likeness (QED) is 0.423. The molecule has 1 aliphatic heterocycles. The Morgan fingerprint density at radius 3 is 2.86 bits per heavy atom. The molecule has 1 fully saturated rings. The number of aromatic hydroxyl groups is 1. The second-order valence-electron chi connectivity index (χ2n) is 9.50. The molecule has 3 N–H and O–H groups in total. The van der Waals surface area contributed by atoms with E-state index in [0.717, 1.165) is 27.4 Å². The van der Waals surface area contributed by atoms with Crippen molar-refractivity contribution in [3.8, 4) is 5.75 Å². The molecule has 6 nitrogen and oxygen atoms in total. The summed E-state index contributed by atoms with van der Waals surface area (Å²) in [6, 6.07) is 18.1. The molecule has 0 aromatic heterocycles. The van der Waals surface area contributed by atoms with Crippen molar-refractivity contribution in [2.45, 2.75) is 51.2 Å². The number of nitrogens with zero attached hydrogens (tertiary/aromatic N) is 1. The number of carbonyl (C=O) groups is 2. The van der Waals surface area contributed by atoms with Gasteiger partial charge in [-0.1, -0.05) is 34.1 Å². The molecule has 180 valence electrons. The second-order valence-corrected chi connectivity index (χ2v) is 10.4. The van der Waals surface area contributed by atoms with E-state index >= 15 is 0 Å². The number of phenolic OH excluding ortho intramolecular Hbond substituents is 1. The minimum atomic E-state index is -0.667. The third kappa shape index (κ3) is 5.14. The van der Waals surface area contributed by atoms with Crippen LogP contribution in [0.1, 0.15) is 37.3 Å². The number of carbonyl (C=O) groups excluding carboxylic acids is 2. The van der Waals surface area contributed by atoms with Crippen LogP contribution < -0.4 is 15.5 Å². The fraction of sp³-hybridized carbons (Fsp3) is 0.357. The molecule has 1 heterocycles. The largest absolute Gasteiger partial charge is 0.508 e. The van der Waals surface area contributed by atoms with E-state index in [0.29, 0.717) is 30.0 Å². The number of fused-ring (bicyclic) bond motifs is 2. The highest BCUT2D eigenvalue weighted by Gasteiger charge is 2.33. The van der Waals surface area contributed by atoms with Crippen LogP contribution in [0.15, 0.2) is 46.9 Å². The van der Waals surface area contributed by atoms with Crippen molar-refractivity contribution in [1.82, 2.24) is 10.6 Å². The highest BCUT2D eigenvalue weighted by molar-refractivity contribution is 9.10. The third-order valence-electron chi connectivity index (χ3n) is 6.90. The normalized spacial score (nSPS) is 18.5. The Morgan fingerprint density at radius 1 is 1.23 bits per heavy atom. The van der Waals surface area contributed by atoms with E-state index in [2.05, 4.69) is 38.7 Å². The fourth-order valence-corrected chi connectivity index (χ4v) is 4.98. The monoisotopic (exact) mass is 533 g/mol. The predicted octanol–water partition coefficient (Wildman–Crippen LogP) is 4.26. The van der Waals surface area contributed by atoms with Crippen molar-refractivity contribution >= 4 is 44.2 Å². The Labute approximate surface area is 213 Å². The number of aryl methyl sites for hydroxylation is 1. The van der Waals surface area contributed by atoms with Crippen LogP contribution in [0.25, 0.3) is 10.8 Å². The van der Waals surface area contributed by atoms with Crippen LogP contribution in [0.2, 0.25) is 0 Å². The van der Waals surface area contributed by atoms with E-state index in [1.165, 1.54) is 12.8 Å². The number of halogens is 1. The Balaban J connectivity index is 1.44. The summed E-state index contributed by atoms with van der Waals surface area (Å²) in [5, 5.41) is 18.8. The fourth-order valence-electron chi connectivity index (χ4n) is 4.60.